The van der Waals surface area contributed by atoms with E-state index in [-0.39, 0.29) is 0 Å². The van der Waals surface area contributed by atoms with Crippen LogP contribution in [0.2, 0.25) is 0 Å². The molecule has 9 aromatic carbocycles. The molecule has 0 aliphatic carbocycles. The van der Waals surface area contributed by atoms with Crippen LogP contribution in [0.15, 0.2) is 206 Å². The quantitative estimate of drug-likeness (QED) is 0.159. The van der Waals surface area contributed by atoms with Crippen LogP contribution in [0, 0.1) is 22.7 Å². The minimum Gasteiger partial charge on any atom is -0.308 e. The molecule has 0 spiro atoms. The summed E-state index contributed by atoms with van der Waals surface area (Å²) >= 11 is 1.81. The fraction of sp³-hybridized carbons (Fsp3) is 0. The Morgan fingerprint density at radius 3 is 1.38 bits per heavy atom. The fourth-order valence-corrected chi connectivity index (χ4v) is 10.1. The molecule has 12 rings (SSSR count). The lowest BCUT2D eigenvalue weighted by atomic mass is 9.99. The molecule has 0 atom stereocenters. The van der Waals surface area contributed by atoms with Crippen molar-refractivity contribution in [3.8, 4) is 85.4 Å². The summed E-state index contributed by atoms with van der Waals surface area (Å²) in [5, 5.41) is 23.8. The summed E-state index contributed by atoms with van der Waals surface area (Å²) in [5.41, 5.74) is 12.9. The Bertz CT molecular complexity index is 3760. The number of hydrogen-bond donors (Lipinski definition) is 0. The topological polar surface area (TPSA) is 91.2 Å². The number of fused-ring (bicyclic) bond motifs is 6. The first-order chi connectivity index (χ1) is 32.6. The monoisotopic (exact) mass is 858 g/mol. The Morgan fingerprint density at radius 1 is 0.348 bits per heavy atom. The molecule has 66 heavy (non-hydrogen) atoms. The van der Waals surface area contributed by atoms with Crippen LogP contribution in [0.1, 0.15) is 11.1 Å². The molecule has 0 saturated heterocycles. The normalized spacial score (nSPS) is 11.3. The lowest BCUT2D eigenvalue weighted by Crippen LogP contribution is -2.04. The molecule has 0 fully saturated rings. The van der Waals surface area contributed by atoms with Crippen molar-refractivity contribution < 1.29 is 0 Å². The molecule has 0 N–H and O–H groups in total. The van der Waals surface area contributed by atoms with Gasteiger partial charge in [0.1, 0.15) is 0 Å². The zero-order valence-corrected chi connectivity index (χ0v) is 36.0. The van der Waals surface area contributed by atoms with Crippen LogP contribution in [0.3, 0.4) is 0 Å². The van der Waals surface area contributed by atoms with Gasteiger partial charge in [-0.1, -0.05) is 140 Å². The van der Waals surface area contributed by atoms with E-state index in [0.29, 0.717) is 28.6 Å². The zero-order chi connectivity index (χ0) is 44.1. The van der Waals surface area contributed by atoms with E-state index in [2.05, 4.69) is 114 Å². The minimum absolute atomic E-state index is 0.545. The molecule has 0 radical (unpaired) electrons. The number of hydrogen-bond acceptors (Lipinski definition) is 6. The van der Waals surface area contributed by atoms with Gasteiger partial charge in [-0.3, -0.25) is 0 Å². The standard InChI is InChI=1S/C59H34N6S/c60-35-37-15-19-39(20-16-37)45-23-27-47-48-28-24-46(40-21-17-38(36-61)18-22-40)34-54(48)65(53(47)33-45)52-29-25-43(44-26-30-56-50(31-44)49-13-7-8-14-55(49)66-56)32-51(52)59-63-57(41-9-3-1-4-10-41)62-58(64-59)42-11-5-2-6-12-42/h1-34H. The Labute approximate surface area is 384 Å². The van der Waals surface area contributed by atoms with Crippen molar-refractivity contribution in [2.24, 2.45) is 0 Å². The van der Waals surface area contributed by atoms with E-state index in [0.717, 1.165) is 77.6 Å². The number of benzene rings is 9. The molecule has 12 aromatic rings. The Balaban J connectivity index is 1.16. The second-order valence-corrected chi connectivity index (χ2v) is 17.3. The number of nitrogens with zero attached hydrogens (tertiary/aromatic N) is 6. The summed E-state index contributed by atoms with van der Waals surface area (Å²) in [7, 11) is 0. The highest BCUT2D eigenvalue weighted by Gasteiger charge is 2.22. The zero-order valence-electron chi connectivity index (χ0n) is 35.2. The first-order valence-corrected chi connectivity index (χ1v) is 22.4. The van der Waals surface area contributed by atoms with Gasteiger partial charge in [-0.15, -0.1) is 11.3 Å². The van der Waals surface area contributed by atoms with Gasteiger partial charge in [0, 0.05) is 47.6 Å². The Kier molecular flexibility index (Phi) is 9.35. The van der Waals surface area contributed by atoms with Crippen LogP contribution in [0.25, 0.3) is 115 Å². The fourth-order valence-electron chi connectivity index (χ4n) is 9.04. The summed E-state index contributed by atoms with van der Waals surface area (Å²) in [6.07, 6.45) is 0. The summed E-state index contributed by atoms with van der Waals surface area (Å²) in [6.45, 7) is 0. The van der Waals surface area contributed by atoms with Crippen molar-refractivity contribution in [3.63, 3.8) is 0 Å². The van der Waals surface area contributed by atoms with E-state index in [4.69, 9.17) is 15.0 Å². The Hall–Kier alpha value is -9.01. The summed E-state index contributed by atoms with van der Waals surface area (Å²) < 4.78 is 4.85. The Morgan fingerprint density at radius 2 is 0.803 bits per heavy atom. The molecule has 7 heteroatoms. The van der Waals surface area contributed by atoms with Gasteiger partial charge in [-0.25, -0.2) is 15.0 Å². The second-order valence-electron chi connectivity index (χ2n) is 16.3. The summed E-state index contributed by atoms with van der Waals surface area (Å²) in [6, 6.07) is 75.3. The van der Waals surface area contributed by atoms with Gasteiger partial charge in [-0.05, 0) is 100 Å². The SMILES string of the molecule is N#Cc1ccc(-c2ccc3c4ccc(-c5ccc(C#N)cc5)cc4n(-c4ccc(-c5ccc6sc7ccccc7c6c5)cc4-c4nc(-c5ccccc5)nc(-c5ccccc5)n4)c3c2)cc1. The third-order valence-electron chi connectivity index (χ3n) is 12.3. The maximum atomic E-state index is 9.59. The van der Waals surface area contributed by atoms with Crippen molar-refractivity contribution in [2.45, 2.75) is 0 Å². The maximum Gasteiger partial charge on any atom is 0.166 e. The molecule has 0 unspecified atom stereocenters. The molecule has 0 aliphatic heterocycles. The maximum absolute atomic E-state index is 9.59. The van der Waals surface area contributed by atoms with Gasteiger partial charge >= 0.3 is 0 Å². The van der Waals surface area contributed by atoms with Crippen molar-refractivity contribution in [1.82, 2.24) is 19.5 Å². The van der Waals surface area contributed by atoms with E-state index < -0.39 is 0 Å². The van der Waals surface area contributed by atoms with Crippen LogP contribution in [0.5, 0.6) is 0 Å². The molecule has 306 valence electrons. The van der Waals surface area contributed by atoms with Gasteiger partial charge in [-0.2, -0.15) is 10.5 Å². The van der Waals surface area contributed by atoms with Gasteiger partial charge in [0.2, 0.25) is 0 Å². The number of aromatic nitrogens is 4. The average Bonchev–Trinajstić information content (AvgIpc) is 3.93. The highest BCUT2D eigenvalue weighted by Crippen LogP contribution is 2.42. The predicted octanol–water partition coefficient (Wildman–Crippen LogP) is 15.1. The smallest absolute Gasteiger partial charge is 0.166 e. The number of thiophene rings is 1. The van der Waals surface area contributed by atoms with E-state index in [9.17, 15) is 10.5 Å². The molecular weight excluding hydrogens is 825 g/mol. The molecule has 0 amide bonds. The summed E-state index contributed by atoms with van der Waals surface area (Å²) in [5.74, 6) is 1.70. The second kappa shape index (κ2) is 16.0. The highest BCUT2D eigenvalue weighted by molar-refractivity contribution is 7.25. The lowest BCUT2D eigenvalue weighted by Gasteiger charge is -2.17. The van der Waals surface area contributed by atoms with Crippen LogP contribution < -0.4 is 0 Å². The van der Waals surface area contributed by atoms with Crippen LogP contribution in [0.4, 0.5) is 0 Å². The van der Waals surface area contributed by atoms with E-state index >= 15 is 0 Å². The molecular formula is C59H34N6S. The predicted molar refractivity (Wildman–Crippen MR) is 269 cm³/mol. The van der Waals surface area contributed by atoms with Crippen molar-refractivity contribution in [3.05, 3.63) is 217 Å². The van der Waals surface area contributed by atoms with E-state index in [1.165, 1.54) is 20.2 Å². The molecule has 6 nitrogen and oxygen atoms in total. The summed E-state index contributed by atoms with van der Waals surface area (Å²) in [4.78, 5) is 15.7. The number of nitriles is 2. The lowest BCUT2D eigenvalue weighted by molar-refractivity contribution is 1.06. The molecule has 3 heterocycles. The van der Waals surface area contributed by atoms with Crippen molar-refractivity contribution in [2.75, 3.05) is 0 Å². The largest absolute Gasteiger partial charge is 0.308 e. The van der Waals surface area contributed by atoms with Crippen molar-refractivity contribution >= 4 is 53.3 Å². The van der Waals surface area contributed by atoms with Gasteiger partial charge in [0.05, 0.1) is 40.0 Å². The van der Waals surface area contributed by atoms with Crippen LogP contribution in [-0.2, 0) is 0 Å². The minimum atomic E-state index is 0.545. The van der Waals surface area contributed by atoms with Gasteiger partial charge in [0.25, 0.3) is 0 Å². The van der Waals surface area contributed by atoms with Crippen molar-refractivity contribution in [1.29, 1.82) is 10.5 Å². The third-order valence-corrected chi connectivity index (χ3v) is 13.5. The average molecular weight is 859 g/mol. The molecule has 0 aliphatic rings. The molecule has 0 bridgehead atoms. The van der Waals surface area contributed by atoms with E-state index in [1.807, 2.05) is 121 Å². The van der Waals surface area contributed by atoms with Gasteiger partial charge < -0.3 is 4.57 Å². The third kappa shape index (κ3) is 6.76. The molecule has 3 aromatic heterocycles. The number of rotatable bonds is 7. The first-order valence-electron chi connectivity index (χ1n) is 21.6. The van der Waals surface area contributed by atoms with E-state index in [1.54, 1.807) is 0 Å². The molecule has 0 saturated carbocycles. The highest BCUT2D eigenvalue weighted by atomic mass is 32.1. The van der Waals surface area contributed by atoms with Crippen LogP contribution >= 0.6 is 11.3 Å². The van der Waals surface area contributed by atoms with Crippen LogP contribution in [-0.4, -0.2) is 19.5 Å². The van der Waals surface area contributed by atoms with Gasteiger partial charge in [0.15, 0.2) is 17.5 Å². The first kappa shape index (κ1) is 38.6.